The summed E-state index contributed by atoms with van der Waals surface area (Å²) in [6.07, 6.45) is 8.80. The molecule has 0 spiro atoms. The van der Waals surface area contributed by atoms with E-state index >= 15 is 0 Å². The van der Waals surface area contributed by atoms with Crippen LogP contribution in [0.4, 0.5) is 0 Å². The highest BCUT2D eigenvalue weighted by Crippen LogP contribution is 2.58. The molecule has 8 atom stereocenters. The Balaban J connectivity index is 1.68. The minimum Gasteiger partial charge on any atom is -0.508 e. The normalized spacial score (nSPS) is 56.8. The molecule has 1 saturated heterocycles. The van der Waals surface area contributed by atoms with Gasteiger partial charge in [0.05, 0.1) is 6.10 Å². The Bertz CT molecular complexity index is 545. The number of hydrogen-bond donors (Lipinski definition) is 4. The summed E-state index contributed by atoms with van der Waals surface area (Å²) in [5, 5.41) is 23.9. The van der Waals surface area contributed by atoms with Gasteiger partial charge >= 0.3 is 0 Å². The summed E-state index contributed by atoms with van der Waals surface area (Å²) in [4.78, 5) is 0. The molecule has 4 aliphatic rings. The Morgan fingerprint density at radius 3 is 2.86 bits per heavy atom. The molecule has 3 fully saturated rings. The van der Waals surface area contributed by atoms with E-state index in [1.807, 2.05) is 12.2 Å². The van der Waals surface area contributed by atoms with Gasteiger partial charge in [-0.25, -0.2) is 0 Å². The van der Waals surface area contributed by atoms with E-state index in [0.29, 0.717) is 29.6 Å². The Morgan fingerprint density at radius 2 is 2.09 bits per heavy atom. The Morgan fingerprint density at radius 1 is 1.32 bits per heavy atom. The van der Waals surface area contributed by atoms with Crippen LogP contribution in [0.1, 0.15) is 33.1 Å². The zero-order valence-electron chi connectivity index (χ0n) is 13.5. The van der Waals surface area contributed by atoms with Gasteiger partial charge < -0.3 is 21.3 Å². The van der Waals surface area contributed by atoms with Crippen molar-refractivity contribution in [3.05, 3.63) is 24.0 Å². The Kier molecular flexibility index (Phi) is 3.07. The topological polar surface area (TPSA) is 78.5 Å². The van der Waals surface area contributed by atoms with Crippen LogP contribution in [0.25, 0.3) is 0 Å². The fourth-order valence-electron chi connectivity index (χ4n) is 5.97. The minimum atomic E-state index is -0.369. The molecule has 1 aliphatic heterocycles. The molecule has 1 heterocycles. The molecule has 0 radical (unpaired) electrons. The lowest BCUT2D eigenvalue weighted by atomic mass is 9.52. The molecule has 4 heteroatoms. The number of aliphatic hydroxyl groups is 2. The molecule has 0 aromatic carbocycles. The van der Waals surface area contributed by atoms with Crippen LogP contribution in [0.15, 0.2) is 24.0 Å². The highest BCUT2D eigenvalue weighted by molar-refractivity contribution is 5.29. The highest BCUT2D eigenvalue weighted by Gasteiger charge is 2.60. The van der Waals surface area contributed by atoms with Crippen molar-refractivity contribution >= 4 is 0 Å². The predicted octanol–water partition coefficient (Wildman–Crippen LogP) is 1.72. The molecule has 0 amide bonds. The first-order chi connectivity index (χ1) is 10.4. The highest BCUT2D eigenvalue weighted by atomic mass is 16.3. The van der Waals surface area contributed by atoms with E-state index in [4.69, 9.17) is 5.73 Å². The maximum Gasteiger partial charge on any atom is 0.111 e. The van der Waals surface area contributed by atoms with Crippen LogP contribution in [0, 0.1) is 28.6 Å². The third-order valence-electron chi connectivity index (χ3n) is 7.43. The molecular formula is C18H28N2O2. The Hall–Kier alpha value is -0.840. The van der Waals surface area contributed by atoms with Crippen LogP contribution in [-0.4, -0.2) is 34.9 Å². The van der Waals surface area contributed by atoms with Crippen molar-refractivity contribution in [2.45, 2.75) is 51.3 Å². The fourth-order valence-corrected chi connectivity index (χ4v) is 5.97. The minimum absolute atomic E-state index is 0.000138. The van der Waals surface area contributed by atoms with E-state index in [1.54, 1.807) is 0 Å². The molecule has 122 valence electrons. The molecule has 22 heavy (non-hydrogen) atoms. The zero-order chi connectivity index (χ0) is 15.7. The maximum absolute atomic E-state index is 10.3. The monoisotopic (exact) mass is 304 g/mol. The van der Waals surface area contributed by atoms with Crippen LogP contribution in [0.2, 0.25) is 0 Å². The third-order valence-corrected chi connectivity index (χ3v) is 7.43. The van der Waals surface area contributed by atoms with Gasteiger partial charge in [0.15, 0.2) is 0 Å². The predicted molar refractivity (Wildman–Crippen MR) is 86.2 cm³/mol. The average molecular weight is 304 g/mol. The van der Waals surface area contributed by atoms with Crippen molar-refractivity contribution in [1.82, 2.24) is 5.32 Å². The number of hydrogen-bond acceptors (Lipinski definition) is 4. The van der Waals surface area contributed by atoms with Gasteiger partial charge in [0.1, 0.15) is 5.76 Å². The van der Waals surface area contributed by atoms with Crippen LogP contribution < -0.4 is 11.1 Å². The van der Waals surface area contributed by atoms with Crippen molar-refractivity contribution < 1.29 is 10.2 Å². The fraction of sp³-hybridized carbons (Fsp3) is 0.778. The Labute approximate surface area is 132 Å². The number of piperidine rings is 1. The second kappa shape index (κ2) is 4.59. The molecule has 4 nitrogen and oxygen atoms in total. The van der Waals surface area contributed by atoms with Crippen molar-refractivity contribution in [2.24, 2.45) is 34.3 Å². The zero-order valence-corrected chi connectivity index (χ0v) is 13.5. The molecule has 2 saturated carbocycles. The number of fused-ring (bicyclic) bond motifs is 5. The third kappa shape index (κ3) is 1.75. The molecule has 0 aromatic heterocycles. The molecule has 3 aliphatic carbocycles. The number of aliphatic hydroxyl groups excluding tert-OH is 2. The summed E-state index contributed by atoms with van der Waals surface area (Å²) in [5.41, 5.74) is 6.38. The van der Waals surface area contributed by atoms with Gasteiger partial charge in [-0.15, -0.1) is 0 Å². The maximum atomic E-state index is 10.3. The number of nitrogens with two attached hydrogens (primary N) is 1. The van der Waals surface area contributed by atoms with Gasteiger partial charge in [-0.3, -0.25) is 0 Å². The lowest BCUT2D eigenvalue weighted by Crippen LogP contribution is -2.65. The smallest absolute Gasteiger partial charge is 0.111 e. The summed E-state index contributed by atoms with van der Waals surface area (Å²) < 4.78 is 0. The number of nitrogens with one attached hydrogen (secondary N) is 1. The van der Waals surface area contributed by atoms with E-state index in [-0.39, 0.29) is 23.0 Å². The van der Waals surface area contributed by atoms with Crippen molar-refractivity contribution in [2.75, 3.05) is 6.54 Å². The molecular weight excluding hydrogens is 276 g/mol. The standard InChI is InChI=1S/C18H28N2O2/c1-17-6-5-11(21)7-10(17)3-4-12-13-8-14(22)15(19)18(13,2)9-20-16(12)17/h5-7,10,12-16,20-22H,3-4,8-9,19H2,1-2H3/t10?,12-,13-,14?,15?,16+,17-,18-/m0/s1. The van der Waals surface area contributed by atoms with E-state index < -0.39 is 0 Å². The van der Waals surface area contributed by atoms with Gasteiger partial charge in [-0.2, -0.15) is 0 Å². The summed E-state index contributed by atoms with van der Waals surface area (Å²) >= 11 is 0. The summed E-state index contributed by atoms with van der Waals surface area (Å²) in [5.74, 6) is 1.85. The summed E-state index contributed by atoms with van der Waals surface area (Å²) in [6, 6.07) is 0.282. The lowest BCUT2D eigenvalue weighted by molar-refractivity contribution is -0.0257. The van der Waals surface area contributed by atoms with Crippen LogP contribution in [0.5, 0.6) is 0 Å². The lowest BCUT2D eigenvalue weighted by Gasteiger charge is -2.58. The first kappa shape index (κ1) is 14.7. The molecule has 0 aromatic rings. The number of rotatable bonds is 0. The molecule has 0 bridgehead atoms. The molecule has 4 rings (SSSR count). The largest absolute Gasteiger partial charge is 0.508 e. The number of allylic oxidation sites excluding steroid dienone is 2. The van der Waals surface area contributed by atoms with Crippen LogP contribution in [0.3, 0.4) is 0 Å². The van der Waals surface area contributed by atoms with Gasteiger partial charge in [0, 0.05) is 29.5 Å². The second-order valence-corrected chi connectivity index (χ2v) is 8.44. The van der Waals surface area contributed by atoms with Crippen molar-refractivity contribution in [3.63, 3.8) is 0 Å². The van der Waals surface area contributed by atoms with Crippen molar-refractivity contribution in [1.29, 1.82) is 0 Å². The van der Waals surface area contributed by atoms with E-state index in [1.165, 1.54) is 0 Å². The first-order valence-corrected chi connectivity index (χ1v) is 8.63. The van der Waals surface area contributed by atoms with E-state index in [9.17, 15) is 10.2 Å². The SMILES string of the molecule is C[C@]12C=CC(O)=CC1CC[C@@H]1[C@H]2NC[C@]2(C)C(N)C(O)C[C@@H]12. The van der Waals surface area contributed by atoms with Gasteiger partial charge in [0.2, 0.25) is 0 Å². The molecule has 5 N–H and O–H groups in total. The second-order valence-electron chi connectivity index (χ2n) is 8.44. The van der Waals surface area contributed by atoms with Crippen molar-refractivity contribution in [3.8, 4) is 0 Å². The average Bonchev–Trinajstić information content (AvgIpc) is 2.72. The van der Waals surface area contributed by atoms with Crippen LogP contribution >= 0.6 is 0 Å². The van der Waals surface area contributed by atoms with E-state index in [2.05, 4.69) is 25.2 Å². The van der Waals surface area contributed by atoms with Crippen LogP contribution in [-0.2, 0) is 0 Å². The van der Waals surface area contributed by atoms with Gasteiger partial charge in [-0.1, -0.05) is 19.9 Å². The quantitative estimate of drug-likeness (QED) is 0.549. The molecule has 3 unspecified atom stereocenters. The summed E-state index contributed by atoms with van der Waals surface area (Å²) in [6.45, 7) is 5.44. The van der Waals surface area contributed by atoms with Gasteiger partial charge in [0.25, 0.3) is 0 Å². The van der Waals surface area contributed by atoms with Gasteiger partial charge in [-0.05, 0) is 49.2 Å². The van der Waals surface area contributed by atoms with E-state index in [0.717, 1.165) is 25.8 Å². The summed E-state index contributed by atoms with van der Waals surface area (Å²) in [7, 11) is 0. The first-order valence-electron chi connectivity index (χ1n) is 8.63.